The first kappa shape index (κ1) is 13.2. The van der Waals surface area contributed by atoms with Gasteiger partial charge in [-0.1, -0.05) is 40.0 Å². The smallest absolute Gasteiger partial charge is 0.110 e. The highest BCUT2D eigenvalue weighted by atomic mass is 15.0. The number of imidazole rings is 1. The molecule has 3 rings (SSSR count). The van der Waals surface area contributed by atoms with E-state index in [9.17, 15) is 0 Å². The van der Waals surface area contributed by atoms with Crippen LogP contribution in [-0.2, 0) is 12.8 Å². The van der Waals surface area contributed by atoms with Gasteiger partial charge in [0.25, 0.3) is 0 Å². The van der Waals surface area contributed by atoms with Crippen molar-refractivity contribution in [3.63, 3.8) is 0 Å². The highest BCUT2D eigenvalue weighted by Crippen LogP contribution is 2.46. The molecular weight excluding hydrogens is 232 g/mol. The van der Waals surface area contributed by atoms with Crippen molar-refractivity contribution in [1.29, 1.82) is 0 Å². The average Bonchev–Trinajstić information content (AvgIpc) is 2.80. The van der Waals surface area contributed by atoms with Crippen LogP contribution in [0.2, 0.25) is 0 Å². The number of rotatable bonds is 2. The normalized spacial score (nSPS) is 30.1. The van der Waals surface area contributed by atoms with E-state index in [1.165, 1.54) is 68.6 Å². The summed E-state index contributed by atoms with van der Waals surface area (Å²) >= 11 is 0. The summed E-state index contributed by atoms with van der Waals surface area (Å²) < 4.78 is 0. The number of aromatic amines is 1. The van der Waals surface area contributed by atoms with Gasteiger partial charge >= 0.3 is 0 Å². The van der Waals surface area contributed by atoms with E-state index in [0.29, 0.717) is 11.3 Å². The van der Waals surface area contributed by atoms with Crippen LogP contribution in [0, 0.1) is 11.3 Å². The molecule has 0 spiro atoms. The van der Waals surface area contributed by atoms with Gasteiger partial charge in [0.15, 0.2) is 0 Å². The summed E-state index contributed by atoms with van der Waals surface area (Å²) in [6.07, 6.45) is 10.5. The maximum Gasteiger partial charge on any atom is 0.110 e. The first-order valence-corrected chi connectivity index (χ1v) is 8.18. The number of hydrogen-bond acceptors (Lipinski definition) is 1. The summed E-state index contributed by atoms with van der Waals surface area (Å²) in [6.45, 7) is 7.16. The van der Waals surface area contributed by atoms with Gasteiger partial charge in [-0.15, -0.1) is 0 Å². The SMILES string of the molecule is CCC1CCc2nc(C3CCCCC3(C)C)[nH]c2C1. The molecule has 1 saturated carbocycles. The molecule has 2 unspecified atom stereocenters. The van der Waals surface area contributed by atoms with Crippen molar-refractivity contribution in [2.45, 2.75) is 78.1 Å². The fourth-order valence-corrected chi connectivity index (χ4v) is 4.09. The Labute approximate surface area is 117 Å². The van der Waals surface area contributed by atoms with Crippen LogP contribution in [0.25, 0.3) is 0 Å². The van der Waals surface area contributed by atoms with Gasteiger partial charge in [0.1, 0.15) is 5.82 Å². The van der Waals surface area contributed by atoms with Gasteiger partial charge in [-0.2, -0.15) is 0 Å². The third-order valence-electron chi connectivity index (χ3n) is 5.58. The van der Waals surface area contributed by atoms with Crippen molar-refractivity contribution in [2.75, 3.05) is 0 Å². The number of fused-ring (bicyclic) bond motifs is 1. The number of aryl methyl sites for hydroxylation is 1. The van der Waals surface area contributed by atoms with E-state index >= 15 is 0 Å². The van der Waals surface area contributed by atoms with Gasteiger partial charge in [0.2, 0.25) is 0 Å². The average molecular weight is 260 g/mol. The zero-order valence-corrected chi connectivity index (χ0v) is 12.8. The van der Waals surface area contributed by atoms with Crippen molar-refractivity contribution < 1.29 is 0 Å². The Morgan fingerprint density at radius 1 is 1.26 bits per heavy atom. The maximum atomic E-state index is 4.98. The molecule has 2 aliphatic rings. The van der Waals surface area contributed by atoms with Gasteiger partial charge in [-0.05, 0) is 43.4 Å². The van der Waals surface area contributed by atoms with Gasteiger partial charge < -0.3 is 4.98 Å². The van der Waals surface area contributed by atoms with Crippen LogP contribution < -0.4 is 0 Å². The predicted molar refractivity (Wildman–Crippen MR) is 79.4 cm³/mol. The zero-order chi connectivity index (χ0) is 13.5. The monoisotopic (exact) mass is 260 g/mol. The fraction of sp³-hybridized carbons (Fsp3) is 0.824. The third kappa shape index (κ3) is 2.46. The van der Waals surface area contributed by atoms with Crippen molar-refractivity contribution >= 4 is 0 Å². The lowest BCUT2D eigenvalue weighted by atomic mass is 9.68. The highest BCUT2D eigenvalue weighted by molar-refractivity contribution is 5.21. The van der Waals surface area contributed by atoms with Gasteiger partial charge in [-0.3, -0.25) is 0 Å². The van der Waals surface area contributed by atoms with E-state index in [2.05, 4.69) is 25.8 Å². The number of aromatic nitrogens is 2. The minimum Gasteiger partial charge on any atom is -0.345 e. The van der Waals surface area contributed by atoms with E-state index in [4.69, 9.17) is 4.98 Å². The lowest BCUT2D eigenvalue weighted by Gasteiger charge is -2.37. The number of hydrogen-bond donors (Lipinski definition) is 1. The molecule has 1 N–H and O–H groups in total. The summed E-state index contributed by atoms with van der Waals surface area (Å²) in [5, 5.41) is 0. The molecule has 0 saturated heterocycles. The van der Waals surface area contributed by atoms with Crippen LogP contribution in [0.3, 0.4) is 0 Å². The zero-order valence-electron chi connectivity index (χ0n) is 12.8. The molecule has 2 nitrogen and oxygen atoms in total. The second kappa shape index (κ2) is 4.96. The summed E-state index contributed by atoms with van der Waals surface area (Å²) in [7, 11) is 0. The van der Waals surface area contributed by atoms with Gasteiger partial charge in [0.05, 0.1) is 5.69 Å². The topological polar surface area (TPSA) is 28.7 Å². The fourth-order valence-electron chi connectivity index (χ4n) is 4.09. The van der Waals surface area contributed by atoms with Crippen molar-refractivity contribution in [2.24, 2.45) is 11.3 Å². The third-order valence-corrected chi connectivity index (χ3v) is 5.58. The van der Waals surface area contributed by atoms with E-state index in [1.807, 2.05) is 0 Å². The Morgan fingerprint density at radius 3 is 2.84 bits per heavy atom. The molecule has 0 amide bonds. The molecule has 1 aromatic rings. The van der Waals surface area contributed by atoms with Crippen molar-refractivity contribution in [1.82, 2.24) is 9.97 Å². The van der Waals surface area contributed by atoms with E-state index in [0.717, 1.165) is 5.92 Å². The molecule has 106 valence electrons. The molecule has 1 fully saturated rings. The van der Waals surface area contributed by atoms with Crippen LogP contribution in [0.15, 0.2) is 0 Å². The molecule has 2 heteroatoms. The molecule has 1 aromatic heterocycles. The quantitative estimate of drug-likeness (QED) is 0.826. The summed E-state index contributed by atoms with van der Waals surface area (Å²) in [5.41, 5.74) is 3.25. The van der Waals surface area contributed by atoms with Crippen LogP contribution in [0.1, 0.15) is 82.4 Å². The molecule has 0 aliphatic heterocycles. The van der Waals surface area contributed by atoms with Crippen LogP contribution in [-0.4, -0.2) is 9.97 Å². The Hall–Kier alpha value is -0.790. The van der Waals surface area contributed by atoms with E-state index < -0.39 is 0 Å². The number of nitrogens with one attached hydrogen (secondary N) is 1. The predicted octanol–water partition coefficient (Wildman–Crippen LogP) is 4.61. The molecule has 19 heavy (non-hydrogen) atoms. The minimum atomic E-state index is 0.419. The van der Waals surface area contributed by atoms with Crippen molar-refractivity contribution in [3.05, 3.63) is 17.2 Å². The first-order chi connectivity index (χ1) is 9.10. The standard InChI is InChI=1S/C17H28N2/c1-4-12-8-9-14-15(11-12)19-16(18-14)13-7-5-6-10-17(13,2)3/h12-13H,4-11H2,1-3H3,(H,18,19). The molecule has 0 radical (unpaired) electrons. The highest BCUT2D eigenvalue weighted by Gasteiger charge is 2.36. The minimum absolute atomic E-state index is 0.419. The second-order valence-corrected chi connectivity index (χ2v) is 7.35. The number of nitrogens with zero attached hydrogens (tertiary/aromatic N) is 1. The molecule has 2 atom stereocenters. The Morgan fingerprint density at radius 2 is 2.11 bits per heavy atom. The molecule has 0 bridgehead atoms. The summed E-state index contributed by atoms with van der Waals surface area (Å²) in [6, 6.07) is 0. The number of H-pyrrole nitrogens is 1. The molecule has 0 aromatic carbocycles. The van der Waals surface area contributed by atoms with Gasteiger partial charge in [0, 0.05) is 11.6 Å². The van der Waals surface area contributed by atoms with Crippen LogP contribution >= 0.6 is 0 Å². The Kier molecular flexibility index (Phi) is 3.44. The summed E-state index contributed by atoms with van der Waals surface area (Å²) in [5.74, 6) is 2.82. The first-order valence-electron chi connectivity index (χ1n) is 8.18. The molecule has 1 heterocycles. The Balaban J connectivity index is 1.84. The lowest BCUT2D eigenvalue weighted by molar-refractivity contribution is 0.193. The van der Waals surface area contributed by atoms with E-state index in [-0.39, 0.29) is 0 Å². The second-order valence-electron chi connectivity index (χ2n) is 7.35. The Bertz CT molecular complexity index is 444. The van der Waals surface area contributed by atoms with Crippen LogP contribution in [0.5, 0.6) is 0 Å². The largest absolute Gasteiger partial charge is 0.345 e. The van der Waals surface area contributed by atoms with Crippen LogP contribution in [0.4, 0.5) is 0 Å². The maximum absolute atomic E-state index is 4.98. The van der Waals surface area contributed by atoms with Crippen molar-refractivity contribution in [3.8, 4) is 0 Å². The summed E-state index contributed by atoms with van der Waals surface area (Å²) in [4.78, 5) is 8.70. The molecule has 2 aliphatic carbocycles. The lowest BCUT2D eigenvalue weighted by Crippen LogP contribution is -2.26. The molecular formula is C17H28N2. The van der Waals surface area contributed by atoms with Gasteiger partial charge in [-0.25, -0.2) is 4.98 Å². The van der Waals surface area contributed by atoms with E-state index in [1.54, 1.807) is 0 Å².